The van der Waals surface area contributed by atoms with Crippen molar-refractivity contribution in [1.29, 1.82) is 0 Å². The predicted molar refractivity (Wildman–Crippen MR) is 71.9 cm³/mol. The summed E-state index contributed by atoms with van der Waals surface area (Å²) in [4.78, 5) is 11.1. The summed E-state index contributed by atoms with van der Waals surface area (Å²) < 4.78 is 28.0. The van der Waals surface area contributed by atoms with Gasteiger partial charge in [-0.2, -0.15) is 8.78 Å². The van der Waals surface area contributed by atoms with Gasteiger partial charge in [0.25, 0.3) is 0 Å². The Kier molecular flexibility index (Phi) is 5.80. The van der Waals surface area contributed by atoms with Crippen LogP contribution in [0.2, 0.25) is 0 Å². The fourth-order valence-corrected chi connectivity index (χ4v) is 1.59. The number of ether oxygens (including phenoxy) is 1. The van der Waals surface area contributed by atoms with Gasteiger partial charge in [0.05, 0.1) is 0 Å². The Hall–Kier alpha value is -1.58. The van der Waals surface area contributed by atoms with Gasteiger partial charge in [-0.05, 0) is 19.1 Å². The molecule has 0 aliphatic carbocycles. The molecule has 0 fully saturated rings. The van der Waals surface area contributed by atoms with Crippen LogP contribution in [0.1, 0.15) is 6.92 Å². The summed E-state index contributed by atoms with van der Waals surface area (Å²) in [5.74, 6) is -0.479. The van der Waals surface area contributed by atoms with E-state index in [1.807, 2.05) is 0 Å². The molecule has 1 aromatic rings. The molecule has 1 rings (SSSR count). The summed E-state index contributed by atoms with van der Waals surface area (Å²) in [6.45, 7) is -1.72. The quantitative estimate of drug-likeness (QED) is 0.274. The Balaban J connectivity index is 3.05. The first-order chi connectivity index (χ1) is 8.91. The number of aliphatic hydroxyl groups is 1. The van der Waals surface area contributed by atoms with Crippen LogP contribution in [-0.2, 0) is 4.79 Å². The Labute approximate surface area is 121 Å². The van der Waals surface area contributed by atoms with Gasteiger partial charge in [0.15, 0.2) is 11.4 Å². The largest absolute Gasteiger partial charge is 0.510 e. The van der Waals surface area contributed by atoms with Crippen molar-refractivity contribution >= 4 is 32.1 Å². The van der Waals surface area contributed by atoms with Crippen molar-refractivity contribution in [3.05, 3.63) is 35.7 Å². The van der Waals surface area contributed by atoms with E-state index in [9.17, 15) is 18.7 Å². The van der Waals surface area contributed by atoms with Crippen molar-refractivity contribution in [2.45, 2.75) is 13.5 Å². The number of benzene rings is 1. The van der Waals surface area contributed by atoms with Crippen molar-refractivity contribution in [1.82, 2.24) is 0 Å². The minimum Gasteiger partial charge on any atom is -0.510 e. The van der Waals surface area contributed by atoms with Crippen LogP contribution in [0.25, 0.3) is 0 Å². The predicted octanol–water partition coefficient (Wildman–Crippen LogP) is 4.12. The lowest BCUT2D eigenvalue weighted by molar-refractivity contribution is -0.106. The number of allylic oxidation sites excluding steroid dienone is 2. The van der Waals surface area contributed by atoms with Gasteiger partial charge >= 0.3 is 6.61 Å². The summed E-state index contributed by atoms with van der Waals surface area (Å²) >= 11 is 1.43. The van der Waals surface area contributed by atoms with E-state index in [0.29, 0.717) is 0 Å². The molecule has 8 heteroatoms. The van der Waals surface area contributed by atoms with Crippen LogP contribution in [0.15, 0.2) is 46.0 Å². The Morgan fingerprint density at radius 2 is 2.05 bits per heavy atom. The number of aliphatic hydroxyl groups excluding tert-OH is 1. The van der Waals surface area contributed by atoms with Crippen molar-refractivity contribution in [2.75, 3.05) is 0 Å². The number of alkyl halides is 2. The van der Waals surface area contributed by atoms with Gasteiger partial charge in [0.1, 0.15) is 11.4 Å². The first-order valence-corrected chi connectivity index (χ1v) is 6.05. The lowest BCUT2D eigenvalue weighted by atomic mass is 10.3. The SMILES string of the molecule is CC(O)=C(N=Nc1ccccc1OC(F)F)C(=O)I. The molecule has 0 atom stereocenters. The van der Waals surface area contributed by atoms with Crippen molar-refractivity contribution in [3.63, 3.8) is 0 Å². The first-order valence-electron chi connectivity index (χ1n) is 4.97. The van der Waals surface area contributed by atoms with Crippen LogP contribution in [0.5, 0.6) is 5.75 Å². The molecule has 19 heavy (non-hydrogen) atoms. The zero-order valence-electron chi connectivity index (χ0n) is 9.68. The molecule has 0 aliphatic rings. The number of nitrogens with zero attached hydrogens (tertiary/aromatic N) is 2. The third-order valence-electron chi connectivity index (χ3n) is 1.87. The van der Waals surface area contributed by atoms with Gasteiger partial charge in [0.2, 0.25) is 3.79 Å². The summed E-state index contributed by atoms with van der Waals surface area (Å²) in [5, 5.41) is 16.4. The summed E-state index contributed by atoms with van der Waals surface area (Å²) in [7, 11) is 0. The van der Waals surface area contributed by atoms with Crippen LogP contribution in [0, 0.1) is 0 Å². The topological polar surface area (TPSA) is 71.2 Å². The van der Waals surface area contributed by atoms with Crippen LogP contribution < -0.4 is 4.74 Å². The molecular weight excluding hydrogens is 373 g/mol. The highest BCUT2D eigenvalue weighted by molar-refractivity contribution is 14.1. The molecule has 0 radical (unpaired) electrons. The van der Waals surface area contributed by atoms with Crippen LogP contribution in [0.3, 0.4) is 0 Å². The van der Waals surface area contributed by atoms with Gasteiger partial charge in [-0.3, -0.25) is 4.79 Å². The number of hydrogen-bond acceptors (Lipinski definition) is 5. The van der Waals surface area contributed by atoms with Gasteiger partial charge in [-0.15, -0.1) is 10.2 Å². The highest BCUT2D eigenvalue weighted by Crippen LogP contribution is 2.29. The Morgan fingerprint density at radius 3 is 2.58 bits per heavy atom. The number of rotatable bonds is 5. The van der Waals surface area contributed by atoms with E-state index in [4.69, 9.17) is 0 Å². The second kappa shape index (κ2) is 7.12. The molecular formula is C11H9F2IN2O3. The highest BCUT2D eigenvalue weighted by atomic mass is 127. The lowest BCUT2D eigenvalue weighted by Crippen LogP contribution is -2.01. The number of carbonyl (C=O) groups is 1. The lowest BCUT2D eigenvalue weighted by Gasteiger charge is -2.06. The zero-order valence-corrected chi connectivity index (χ0v) is 11.8. The van der Waals surface area contributed by atoms with Crippen LogP contribution in [0.4, 0.5) is 14.5 Å². The Bertz CT molecular complexity index is 528. The van der Waals surface area contributed by atoms with Gasteiger partial charge in [-0.1, -0.05) is 12.1 Å². The van der Waals surface area contributed by atoms with Crippen molar-refractivity contribution in [2.24, 2.45) is 10.2 Å². The second-order valence-electron chi connectivity index (χ2n) is 3.25. The summed E-state index contributed by atoms with van der Waals surface area (Å²) in [6.07, 6.45) is 0. The molecule has 0 heterocycles. The monoisotopic (exact) mass is 382 g/mol. The summed E-state index contributed by atoms with van der Waals surface area (Å²) in [5.41, 5.74) is -0.230. The normalized spacial score (nSPS) is 12.7. The van der Waals surface area contributed by atoms with Crippen LogP contribution >= 0.6 is 22.6 Å². The van der Waals surface area contributed by atoms with E-state index in [1.54, 1.807) is 6.07 Å². The molecule has 0 unspecified atom stereocenters. The molecule has 1 aromatic carbocycles. The number of halogens is 3. The number of hydrogen-bond donors (Lipinski definition) is 1. The van der Waals surface area contributed by atoms with E-state index < -0.39 is 10.4 Å². The standard InChI is InChI=1S/C11H9F2IN2O3/c1-6(17)9(10(14)18)16-15-7-4-2-3-5-8(7)19-11(12)13/h2-5,11,17H,1H3. The van der Waals surface area contributed by atoms with Crippen LogP contribution in [-0.4, -0.2) is 15.5 Å². The maximum atomic E-state index is 12.2. The minimum absolute atomic E-state index is 0.0270. The number of carbonyl (C=O) groups excluding carboxylic acids is 1. The van der Waals surface area contributed by atoms with E-state index >= 15 is 0 Å². The molecule has 0 saturated carbocycles. The smallest absolute Gasteiger partial charge is 0.387 e. The molecule has 0 bridgehead atoms. The Morgan fingerprint density at radius 1 is 1.42 bits per heavy atom. The molecule has 102 valence electrons. The van der Waals surface area contributed by atoms with E-state index in [1.165, 1.54) is 47.7 Å². The second-order valence-corrected chi connectivity index (χ2v) is 4.23. The van der Waals surface area contributed by atoms with E-state index in [0.717, 1.165) is 0 Å². The average molecular weight is 382 g/mol. The molecule has 0 spiro atoms. The molecule has 0 amide bonds. The minimum atomic E-state index is -2.99. The molecule has 5 nitrogen and oxygen atoms in total. The van der Waals surface area contributed by atoms with Crippen molar-refractivity contribution in [3.8, 4) is 5.75 Å². The molecule has 0 saturated heterocycles. The average Bonchev–Trinajstić information content (AvgIpc) is 2.29. The zero-order chi connectivity index (χ0) is 14.4. The fourth-order valence-electron chi connectivity index (χ4n) is 1.09. The summed E-state index contributed by atoms with van der Waals surface area (Å²) in [6, 6.07) is 5.73. The first kappa shape index (κ1) is 15.5. The molecule has 0 aromatic heterocycles. The molecule has 1 N–H and O–H groups in total. The number of para-hydroxylation sites is 1. The van der Waals surface area contributed by atoms with Gasteiger partial charge in [-0.25, -0.2) is 0 Å². The number of azo groups is 1. The van der Waals surface area contributed by atoms with Gasteiger partial charge in [0, 0.05) is 22.6 Å². The van der Waals surface area contributed by atoms with E-state index in [2.05, 4.69) is 15.0 Å². The van der Waals surface area contributed by atoms with Crippen molar-refractivity contribution < 1.29 is 23.4 Å². The van der Waals surface area contributed by atoms with E-state index in [-0.39, 0.29) is 22.9 Å². The maximum absolute atomic E-state index is 12.2. The third-order valence-corrected chi connectivity index (χ3v) is 2.38. The third kappa shape index (κ3) is 4.89. The fraction of sp³-hybridized carbons (Fsp3) is 0.182. The molecule has 0 aliphatic heterocycles. The maximum Gasteiger partial charge on any atom is 0.387 e. The highest BCUT2D eigenvalue weighted by Gasteiger charge is 2.11. The van der Waals surface area contributed by atoms with Gasteiger partial charge < -0.3 is 9.84 Å².